The van der Waals surface area contributed by atoms with Crippen molar-refractivity contribution in [3.63, 3.8) is 0 Å². The maximum atomic E-state index is 6.04. The predicted octanol–water partition coefficient (Wildman–Crippen LogP) is 5.58. The van der Waals surface area contributed by atoms with Crippen LogP contribution in [-0.4, -0.2) is 21.6 Å². The van der Waals surface area contributed by atoms with Crippen LogP contribution in [0.1, 0.15) is 82.4 Å². The van der Waals surface area contributed by atoms with E-state index in [-0.39, 0.29) is 0 Å². The van der Waals surface area contributed by atoms with Gasteiger partial charge in [-0.05, 0) is 61.4 Å². The molecule has 3 N–H and O–H groups in total. The Kier molecular flexibility index (Phi) is 6.83. The number of nitrogens with one attached hydrogen (secondary N) is 3. The number of aromatic nitrogens is 3. The largest absolute Gasteiger partial charge is 0.491 e. The van der Waals surface area contributed by atoms with Crippen LogP contribution >= 0.6 is 0 Å². The van der Waals surface area contributed by atoms with E-state index in [1.54, 1.807) is 0 Å². The lowest BCUT2D eigenvalue weighted by molar-refractivity contribution is 0.317. The highest BCUT2D eigenvalue weighted by atomic mass is 16.5. The molecule has 0 saturated carbocycles. The van der Waals surface area contributed by atoms with E-state index < -0.39 is 0 Å². The molecule has 4 heteroatoms. The standard InChI is InChI=1S/C26H35N3O/c1-3-5-6-7-10-19-11-8-12-22-21(19)16-20(28-22)17-25-26(30-15-4-2)18-24(29-25)23-13-9-14-27-23/h9,12-14,16-19,27-29H,3-8,10-11,15H2,1-2H3. The highest BCUT2D eigenvalue weighted by Crippen LogP contribution is 2.29. The van der Waals surface area contributed by atoms with Crippen LogP contribution in [0, 0.1) is 0 Å². The minimum Gasteiger partial charge on any atom is -0.491 e. The van der Waals surface area contributed by atoms with Crippen molar-refractivity contribution in [3.05, 3.63) is 52.4 Å². The summed E-state index contributed by atoms with van der Waals surface area (Å²) in [7, 11) is 0. The third-order valence-electron chi connectivity index (χ3n) is 6.07. The summed E-state index contributed by atoms with van der Waals surface area (Å²) in [5.41, 5.74) is 4.64. The second-order valence-electron chi connectivity index (χ2n) is 8.46. The van der Waals surface area contributed by atoms with Gasteiger partial charge in [-0.25, -0.2) is 0 Å². The summed E-state index contributed by atoms with van der Waals surface area (Å²) in [5, 5.41) is 2.47. The first-order valence-corrected chi connectivity index (χ1v) is 11.7. The molecule has 0 aliphatic heterocycles. The summed E-state index contributed by atoms with van der Waals surface area (Å²) in [6.07, 6.45) is 16.6. The lowest BCUT2D eigenvalue weighted by Crippen LogP contribution is -2.18. The zero-order chi connectivity index (χ0) is 20.8. The number of fused-ring (bicyclic) bond motifs is 1. The van der Waals surface area contributed by atoms with Gasteiger partial charge in [0.2, 0.25) is 0 Å². The first-order chi connectivity index (χ1) is 14.8. The highest BCUT2D eigenvalue weighted by Gasteiger charge is 2.17. The molecule has 160 valence electrons. The van der Waals surface area contributed by atoms with Crippen molar-refractivity contribution in [3.8, 4) is 17.1 Å². The molecule has 3 aromatic heterocycles. The SMILES string of the molecule is CCCCCCC1CCC=c2[nH]c(=Cc3[nH]c(-c4ccc[nH]4)cc3OCCC)cc21. The first-order valence-electron chi connectivity index (χ1n) is 11.7. The van der Waals surface area contributed by atoms with Gasteiger partial charge in [0, 0.05) is 23.0 Å². The smallest absolute Gasteiger partial charge is 0.144 e. The van der Waals surface area contributed by atoms with E-state index in [0.29, 0.717) is 5.92 Å². The monoisotopic (exact) mass is 405 g/mol. The molecular weight excluding hydrogens is 370 g/mol. The Morgan fingerprint density at radius 2 is 2.00 bits per heavy atom. The Balaban J connectivity index is 1.61. The van der Waals surface area contributed by atoms with Crippen LogP contribution < -0.4 is 15.4 Å². The molecule has 0 amide bonds. The van der Waals surface area contributed by atoms with Crippen LogP contribution in [-0.2, 0) is 0 Å². The molecule has 1 aliphatic carbocycles. The van der Waals surface area contributed by atoms with E-state index in [9.17, 15) is 0 Å². The Morgan fingerprint density at radius 1 is 1.07 bits per heavy atom. The molecule has 0 fully saturated rings. The van der Waals surface area contributed by atoms with E-state index in [0.717, 1.165) is 41.2 Å². The number of ether oxygens (including phenoxy) is 1. The number of hydrogen-bond acceptors (Lipinski definition) is 1. The van der Waals surface area contributed by atoms with E-state index in [4.69, 9.17) is 4.74 Å². The van der Waals surface area contributed by atoms with E-state index in [2.05, 4.69) is 59.2 Å². The van der Waals surface area contributed by atoms with E-state index in [1.165, 1.54) is 55.9 Å². The fourth-order valence-corrected chi connectivity index (χ4v) is 4.48. The molecule has 3 aromatic rings. The number of unbranched alkanes of at least 4 members (excludes halogenated alkanes) is 3. The minimum absolute atomic E-state index is 0.689. The second kappa shape index (κ2) is 9.92. The topological polar surface area (TPSA) is 56.6 Å². The molecule has 0 saturated heterocycles. The molecule has 0 bridgehead atoms. The Morgan fingerprint density at radius 3 is 2.80 bits per heavy atom. The van der Waals surface area contributed by atoms with Gasteiger partial charge in [-0.2, -0.15) is 0 Å². The summed E-state index contributed by atoms with van der Waals surface area (Å²) in [4.78, 5) is 10.5. The summed E-state index contributed by atoms with van der Waals surface area (Å²) < 4.78 is 6.04. The van der Waals surface area contributed by atoms with Gasteiger partial charge < -0.3 is 19.7 Å². The maximum Gasteiger partial charge on any atom is 0.144 e. The molecule has 4 rings (SSSR count). The van der Waals surface area contributed by atoms with Crippen molar-refractivity contribution < 1.29 is 4.74 Å². The van der Waals surface area contributed by atoms with Gasteiger partial charge in [-0.3, -0.25) is 0 Å². The summed E-state index contributed by atoms with van der Waals surface area (Å²) in [6.45, 7) is 5.14. The number of H-pyrrole nitrogens is 3. The van der Waals surface area contributed by atoms with Crippen LogP contribution in [0.3, 0.4) is 0 Å². The second-order valence-corrected chi connectivity index (χ2v) is 8.46. The minimum atomic E-state index is 0.689. The van der Waals surface area contributed by atoms with Gasteiger partial charge in [0.15, 0.2) is 0 Å². The Bertz CT molecular complexity index is 1040. The van der Waals surface area contributed by atoms with Crippen LogP contribution in [0.2, 0.25) is 0 Å². The Hall–Kier alpha value is -2.62. The lowest BCUT2D eigenvalue weighted by Gasteiger charge is -2.18. The lowest BCUT2D eigenvalue weighted by atomic mass is 9.87. The zero-order valence-corrected chi connectivity index (χ0v) is 18.4. The van der Waals surface area contributed by atoms with Crippen LogP contribution in [0.15, 0.2) is 30.5 Å². The molecule has 3 heterocycles. The van der Waals surface area contributed by atoms with E-state index in [1.807, 2.05) is 12.3 Å². The normalized spacial score (nSPS) is 16.5. The molecule has 30 heavy (non-hydrogen) atoms. The summed E-state index contributed by atoms with van der Waals surface area (Å²) in [5.74, 6) is 1.60. The number of hydrogen-bond donors (Lipinski definition) is 3. The Labute approximate surface area is 179 Å². The van der Waals surface area contributed by atoms with Crippen LogP contribution in [0.4, 0.5) is 0 Å². The third kappa shape index (κ3) is 4.75. The first kappa shape index (κ1) is 20.6. The predicted molar refractivity (Wildman–Crippen MR) is 125 cm³/mol. The van der Waals surface area contributed by atoms with Crippen molar-refractivity contribution in [1.82, 2.24) is 15.0 Å². The molecule has 1 atom stereocenters. The number of aromatic amines is 3. The van der Waals surface area contributed by atoms with Crippen LogP contribution in [0.5, 0.6) is 5.75 Å². The van der Waals surface area contributed by atoms with Gasteiger partial charge >= 0.3 is 0 Å². The molecule has 0 spiro atoms. The number of rotatable bonds is 10. The van der Waals surface area contributed by atoms with Crippen molar-refractivity contribution in [1.29, 1.82) is 0 Å². The van der Waals surface area contributed by atoms with Gasteiger partial charge in [0.1, 0.15) is 5.75 Å². The fraction of sp³-hybridized carbons (Fsp3) is 0.462. The molecule has 4 nitrogen and oxygen atoms in total. The quantitative estimate of drug-likeness (QED) is 0.379. The average molecular weight is 406 g/mol. The molecular formula is C26H35N3O. The van der Waals surface area contributed by atoms with Crippen LogP contribution in [0.25, 0.3) is 23.5 Å². The van der Waals surface area contributed by atoms with E-state index >= 15 is 0 Å². The molecule has 1 aliphatic rings. The molecule has 1 unspecified atom stereocenters. The molecule has 0 radical (unpaired) electrons. The van der Waals surface area contributed by atoms with Gasteiger partial charge in [-0.1, -0.05) is 45.6 Å². The third-order valence-corrected chi connectivity index (χ3v) is 6.07. The highest BCUT2D eigenvalue weighted by molar-refractivity contribution is 5.65. The molecule has 0 aromatic carbocycles. The van der Waals surface area contributed by atoms with Gasteiger partial charge in [0.05, 0.1) is 23.7 Å². The van der Waals surface area contributed by atoms with Crippen molar-refractivity contribution in [2.45, 2.75) is 71.1 Å². The van der Waals surface area contributed by atoms with Crippen molar-refractivity contribution in [2.75, 3.05) is 6.61 Å². The summed E-state index contributed by atoms with van der Waals surface area (Å²) in [6, 6.07) is 8.54. The van der Waals surface area contributed by atoms with Crippen molar-refractivity contribution >= 4 is 12.2 Å². The van der Waals surface area contributed by atoms with Gasteiger partial charge in [0.25, 0.3) is 0 Å². The summed E-state index contributed by atoms with van der Waals surface area (Å²) >= 11 is 0. The maximum absolute atomic E-state index is 6.04. The van der Waals surface area contributed by atoms with Gasteiger partial charge in [-0.15, -0.1) is 0 Å². The fourth-order valence-electron chi connectivity index (χ4n) is 4.48. The van der Waals surface area contributed by atoms with Crippen molar-refractivity contribution in [2.24, 2.45) is 0 Å². The zero-order valence-electron chi connectivity index (χ0n) is 18.4. The average Bonchev–Trinajstić information content (AvgIpc) is 3.49.